The summed E-state index contributed by atoms with van der Waals surface area (Å²) in [6.45, 7) is 0. The van der Waals surface area contributed by atoms with E-state index in [2.05, 4.69) is 15.9 Å². The fraction of sp³-hybridized carbons (Fsp3) is 0.412. The minimum Gasteiger partial charge on any atom is -0.489 e. The summed E-state index contributed by atoms with van der Waals surface area (Å²) in [6.07, 6.45) is -1.33. The van der Waals surface area contributed by atoms with E-state index in [1.54, 1.807) is 0 Å². The van der Waals surface area contributed by atoms with Crippen LogP contribution in [0.2, 0.25) is 0 Å². The highest BCUT2D eigenvalue weighted by atomic mass is 79.9. The molecule has 10 heteroatoms. The molecule has 0 amide bonds. The smallest absolute Gasteiger partial charge is 0.431 e. The maximum Gasteiger partial charge on any atom is 0.431 e. The number of benzene rings is 1. The van der Waals surface area contributed by atoms with Crippen LogP contribution in [0.5, 0.6) is 5.75 Å². The summed E-state index contributed by atoms with van der Waals surface area (Å²) in [5.74, 6) is -0.730. The Morgan fingerprint density at radius 3 is 2.37 bits per heavy atom. The average Bonchev–Trinajstić information content (AvgIpc) is 3.07. The first-order valence-electron chi connectivity index (χ1n) is 8.16. The summed E-state index contributed by atoms with van der Waals surface area (Å²) >= 11 is 3.17. The Balaban J connectivity index is 2.15. The molecule has 1 aromatic heterocycles. The number of nitrogens with zero attached hydrogens (tertiary/aromatic N) is 2. The lowest BCUT2D eigenvalue weighted by atomic mass is 10.2. The van der Waals surface area contributed by atoms with Crippen molar-refractivity contribution in [3.8, 4) is 11.4 Å². The molecule has 0 unspecified atom stereocenters. The summed E-state index contributed by atoms with van der Waals surface area (Å²) in [5.41, 5.74) is -4.46. The zero-order valence-electron chi connectivity index (χ0n) is 14.1. The van der Waals surface area contributed by atoms with Crippen molar-refractivity contribution in [2.45, 2.75) is 38.0 Å². The third kappa shape index (κ3) is 3.80. The fourth-order valence-corrected chi connectivity index (χ4v) is 3.49. The second-order valence-electron chi connectivity index (χ2n) is 6.30. The number of alkyl halides is 3. The van der Waals surface area contributed by atoms with Crippen molar-refractivity contribution in [3.63, 3.8) is 0 Å². The summed E-state index contributed by atoms with van der Waals surface area (Å²) in [7, 11) is 0.869. The van der Waals surface area contributed by atoms with Gasteiger partial charge in [0.25, 0.3) is 5.56 Å². The molecular formula is C17H15BrF4N2O3. The topological polar surface area (TPSA) is 53.2 Å². The standard InChI is InChI=1S/C17H15BrF4N2O3/c1-23-14(17(20,21)22)8-15(25)24(16(23)26)12-7-13(10(18)6-11(12)19)27-9-4-2-3-5-9/h6-9H,2-5H2,1H3. The molecule has 3 rings (SSSR count). The van der Waals surface area contributed by atoms with Gasteiger partial charge in [-0.25, -0.2) is 13.8 Å². The predicted molar refractivity (Wildman–Crippen MR) is 92.8 cm³/mol. The Morgan fingerprint density at radius 1 is 1.15 bits per heavy atom. The van der Waals surface area contributed by atoms with Gasteiger partial charge >= 0.3 is 11.9 Å². The molecule has 5 nitrogen and oxygen atoms in total. The van der Waals surface area contributed by atoms with Gasteiger partial charge in [-0.1, -0.05) is 0 Å². The van der Waals surface area contributed by atoms with Gasteiger partial charge in [-0.15, -0.1) is 0 Å². The maximum atomic E-state index is 14.4. The highest BCUT2D eigenvalue weighted by Crippen LogP contribution is 2.33. The van der Waals surface area contributed by atoms with E-state index >= 15 is 0 Å². The van der Waals surface area contributed by atoms with Gasteiger partial charge in [-0.2, -0.15) is 13.2 Å². The molecule has 1 aliphatic rings. The van der Waals surface area contributed by atoms with Crippen molar-refractivity contribution in [1.29, 1.82) is 0 Å². The molecule has 0 bridgehead atoms. The number of ether oxygens (including phenoxy) is 1. The van der Waals surface area contributed by atoms with Crippen LogP contribution < -0.4 is 16.0 Å². The Hall–Kier alpha value is -2.10. The van der Waals surface area contributed by atoms with Crippen molar-refractivity contribution >= 4 is 15.9 Å². The van der Waals surface area contributed by atoms with Crippen molar-refractivity contribution in [2.24, 2.45) is 7.05 Å². The first-order valence-corrected chi connectivity index (χ1v) is 8.95. The molecule has 0 spiro atoms. The SMILES string of the molecule is Cn1c(C(F)(F)F)cc(=O)n(-c2cc(OC3CCCC3)c(Br)cc2F)c1=O. The van der Waals surface area contributed by atoms with Crippen LogP contribution in [-0.4, -0.2) is 15.2 Å². The number of hydrogen-bond acceptors (Lipinski definition) is 3. The van der Waals surface area contributed by atoms with Crippen LogP contribution in [0, 0.1) is 5.82 Å². The van der Waals surface area contributed by atoms with E-state index in [0.717, 1.165) is 44.9 Å². The Kier molecular flexibility index (Phi) is 5.20. The largest absolute Gasteiger partial charge is 0.489 e. The quantitative estimate of drug-likeness (QED) is 0.668. The molecule has 1 saturated carbocycles. The lowest BCUT2D eigenvalue weighted by molar-refractivity contribution is -0.144. The first-order chi connectivity index (χ1) is 12.6. The monoisotopic (exact) mass is 450 g/mol. The van der Waals surface area contributed by atoms with Crippen LogP contribution in [0.3, 0.4) is 0 Å². The molecule has 0 atom stereocenters. The highest BCUT2D eigenvalue weighted by molar-refractivity contribution is 9.10. The molecule has 27 heavy (non-hydrogen) atoms. The van der Waals surface area contributed by atoms with Crippen LogP contribution in [-0.2, 0) is 13.2 Å². The van der Waals surface area contributed by atoms with E-state index in [-0.39, 0.29) is 27.0 Å². The van der Waals surface area contributed by atoms with Gasteiger partial charge in [0.1, 0.15) is 17.3 Å². The summed E-state index contributed by atoms with van der Waals surface area (Å²) in [5, 5.41) is 0. The Bertz CT molecular complexity index is 991. The van der Waals surface area contributed by atoms with Crippen LogP contribution in [0.4, 0.5) is 17.6 Å². The van der Waals surface area contributed by atoms with Crippen LogP contribution in [0.15, 0.2) is 32.3 Å². The highest BCUT2D eigenvalue weighted by Gasteiger charge is 2.35. The minimum absolute atomic E-state index is 0.0771. The molecule has 2 aromatic rings. The van der Waals surface area contributed by atoms with Gasteiger partial charge in [0.2, 0.25) is 0 Å². The maximum absolute atomic E-state index is 14.4. The van der Waals surface area contributed by atoms with Crippen LogP contribution in [0.1, 0.15) is 31.4 Å². The van der Waals surface area contributed by atoms with E-state index in [1.165, 1.54) is 0 Å². The van der Waals surface area contributed by atoms with Gasteiger partial charge in [0, 0.05) is 19.2 Å². The van der Waals surface area contributed by atoms with E-state index in [1.807, 2.05) is 0 Å². The van der Waals surface area contributed by atoms with Crippen LogP contribution >= 0.6 is 15.9 Å². The zero-order chi connectivity index (χ0) is 19.9. The van der Waals surface area contributed by atoms with Gasteiger partial charge < -0.3 is 4.74 Å². The fourth-order valence-electron chi connectivity index (χ4n) is 3.09. The molecule has 0 N–H and O–H groups in total. The lowest BCUT2D eigenvalue weighted by Crippen LogP contribution is -2.41. The summed E-state index contributed by atoms with van der Waals surface area (Å²) < 4.78 is 60.0. The molecule has 1 aromatic carbocycles. The second-order valence-corrected chi connectivity index (χ2v) is 7.16. The number of halogens is 5. The molecule has 0 aliphatic heterocycles. The third-order valence-corrected chi connectivity index (χ3v) is 5.07. The van der Waals surface area contributed by atoms with E-state index in [0.29, 0.717) is 4.57 Å². The number of rotatable bonds is 3. The van der Waals surface area contributed by atoms with Crippen molar-refractivity contribution in [3.05, 3.63) is 55.0 Å². The van der Waals surface area contributed by atoms with Crippen molar-refractivity contribution < 1.29 is 22.3 Å². The van der Waals surface area contributed by atoms with Gasteiger partial charge in [-0.05, 0) is 47.7 Å². The lowest BCUT2D eigenvalue weighted by Gasteiger charge is -2.17. The van der Waals surface area contributed by atoms with Crippen molar-refractivity contribution in [1.82, 2.24) is 9.13 Å². The molecule has 0 radical (unpaired) electrons. The second kappa shape index (κ2) is 7.14. The molecule has 1 aliphatic carbocycles. The summed E-state index contributed by atoms with van der Waals surface area (Å²) in [4.78, 5) is 24.5. The van der Waals surface area contributed by atoms with E-state index in [9.17, 15) is 27.2 Å². The molecule has 1 heterocycles. The van der Waals surface area contributed by atoms with Crippen LogP contribution in [0.25, 0.3) is 5.69 Å². The van der Waals surface area contributed by atoms with Gasteiger partial charge in [-0.3, -0.25) is 9.36 Å². The molecule has 146 valence electrons. The minimum atomic E-state index is -4.89. The Morgan fingerprint density at radius 2 is 1.78 bits per heavy atom. The Labute approximate surface area is 159 Å². The predicted octanol–water partition coefficient (Wildman–Crippen LogP) is 3.78. The third-order valence-electron chi connectivity index (χ3n) is 4.45. The normalized spacial score (nSPS) is 15.3. The molecular weight excluding hydrogens is 436 g/mol. The van der Waals surface area contributed by atoms with Gasteiger partial charge in [0.05, 0.1) is 16.3 Å². The zero-order valence-corrected chi connectivity index (χ0v) is 15.7. The number of hydrogen-bond donors (Lipinski definition) is 0. The van der Waals surface area contributed by atoms with Gasteiger partial charge in [0.15, 0.2) is 0 Å². The average molecular weight is 451 g/mol. The number of aromatic nitrogens is 2. The van der Waals surface area contributed by atoms with Crippen molar-refractivity contribution in [2.75, 3.05) is 0 Å². The molecule has 1 fully saturated rings. The first kappa shape index (κ1) is 19.7. The molecule has 0 saturated heterocycles. The summed E-state index contributed by atoms with van der Waals surface area (Å²) in [6, 6.07) is 2.43. The van der Waals surface area contributed by atoms with E-state index < -0.39 is 34.6 Å². The van der Waals surface area contributed by atoms with E-state index in [4.69, 9.17) is 4.74 Å².